The van der Waals surface area contributed by atoms with E-state index in [0.717, 1.165) is 25.7 Å². The van der Waals surface area contributed by atoms with Crippen LogP contribution < -0.4 is 0 Å². The summed E-state index contributed by atoms with van der Waals surface area (Å²) in [4.78, 5) is 10.9. The van der Waals surface area contributed by atoms with Crippen LogP contribution in [0.15, 0.2) is 11.6 Å². The zero-order valence-corrected chi connectivity index (χ0v) is 10.7. The first kappa shape index (κ1) is 14.2. The van der Waals surface area contributed by atoms with Gasteiger partial charge in [-0.15, -0.1) is 0 Å². The molecule has 0 aromatic rings. The van der Waals surface area contributed by atoms with Gasteiger partial charge in [0.05, 0.1) is 0 Å². The summed E-state index contributed by atoms with van der Waals surface area (Å²) in [6.45, 7) is 9.82. The van der Waals surface area contributed by atoms with E-state index in [9.17, 15) is 4.79 Å². The summed E-state index contributed by atoms with van der Waals surface area (Å²) < 4.78 is 5.33. The Morgan fingerprint density at radius 3 is 2.33 bits per heavy atom. The molecule has 0 aliphatic carbocycles. The third-order valence-corrected chi connectivity index (χ3v) is 2.86. The van der Waals surface area contributed by atoms with Crippen LogP contribution in [0.2, 0.25) is 0 Å². The van der Waals surface area contributed by atoms with Gasteiger partial charge in [0.1, 0.15) is 5.60 Å². The predicted molar refractivity (Wildman–Crippen MR) is 63.7 cm³/mol. The van der Waals surface area contributed by atoms with E-state index >= 15 is 0 Å². The van der Waals surface area contributed by atoms with Gasteiger partial charge in [-0.2, -0.15) is 0 Å². The molecule has 0 aromatic carbocycles. The molecule has 0 saturated carbocycles. The quantitative estimate of drug-likeness (QED) is 0.493. The van der Waals surface area contributed by atoms with E-state index in [1.165, 1.54) is 12.5 Å². The van der Waals surface area contributed by atoms with Gasteiger partial charge in [-0.3, -0.25) is 4.79 Å². The van der Waals surface area contributed by atoms with Crippen LogP contribution in [0.1, 0.15) is 60.3 Å². The number of hydrogen-bond acceptors (Lipinski definition) is 2. The lowest BCUT2D eigenvalue weighted by Crippen LogP contribution is -2.29. The van der Waals surface area contributed by atoms with Crippen LogP contribution in [-0.4, -0.2) is 11.6 Å². The second kappa shape index (κ2) is 6.65. The number of ether oxygens (including phenoxy) is 1. The fourth-order valence-corrected chi connectivity index (χ4v) is 1.42. The van der Waals surface area contributed by atoms with Gasteiger partial charge < -0.3 is 4.74 Å². The highest BCUT2D eigenvalue weighted by Crippen LogP contribution is 2.22. The Labute approximate surface area is 93.7 Å². The van der Waals surface area contributed by atoms with Crippen molar-refractivity contribution in [2.24, 2.45) is 0 Å². The van der Waals surface area contributed by atoms with Gasteiger partial charge in [-0.05, 0) is 39.5 Å². The summed E-state index contributed by atoms with van der Waals surface area (Å²) in [5, 5.41) is 0. The lowest BCUT2D eigenvalue weighted by atomic mass is 9.96. The third kappa shape index (κ3) is 6.32. The summed E-state index contributed by atoms with van der Waals surface area (Å²) >= 11 is 0. The van der Waals surface area contributed by atoms with E-state index in [-0.39, 0.29) is 11.6 Å². The normalized spacial score (nSPS) is 15.9. The number of carbonyl (C=O) groups excluding carboxylic acids is 1. The Morgan fingerprint density at radius 1 is 1.33 bits per heavy atom. The zero-order valence-electron chi connectivity index (χ0n) is 10.7. The lowest BCUT2D eigenvalue weighted by molar-refractivity contribution is -0.156. The van der Waals surface area contributed by atoms with Gasteiger partial charge in [0.25, 0.3) is 0 Å². The fraction of sp³-hybridized carbons (Fsp3) is 0.769. The van der Waals surface area contributed by atoms with Crippen molar-refractivity contribution >= 4 is 5.97 Å². The summed E-state index contributed by atoms with van der Waals surface area (Å²) in [7, 11) is 0. The van der Waals surface area contributed by atoms with Gasteiger partial charge in [-0.25, -0.2) is 0 Å². The van der Waals surface area contributed by atoms with Crippen molar-refractivity contribution in [1.29, 1.82) is 0 Å². The molecule has 0 aliphatic rings. The predicted octanol–water partition coefficient (Wildman–Crippen LogP) is 3.85. The second-order valence-electron chi connectivity index (χ2n) is 4.34. The van der Waals surface area contributed by atoms with Gasteiger partial charge in [0.15, 0.2) is 0 Å². The van der Waals surface area contributed by atoms with E-state index in [2.05, 4.69) is 26.8 Å². The van der Waals surface area contributed by atoms with E-state index < -0.39 is 0 Å². The smallest absolute Gasteiger partial charge is 0.303 e. The molecule has 0 heterocycles. The standard InChI is InChI=1S/C13H24O2/c1-6-11(3)9-8-10-13(5,7-2)15-12(4)14/h9H,6-8,10H2,1-5H3/b11-9+. The van der Waals surface area contributed by atoms with E-state index in [4.69, 9.17) is 4.74 Å². The van der Waals surface area contributed by atoms with Crippen molar-refractivity contribution in [3.05, 3.63) is 11.6 Å². The van der Waals surface area contributed by atoms with Crippen molar-refractivity contribution in [2.45, 2.75) is 65.9 Å². The van der Waals surface area contributed by atoms with Crippen LogP contribution in [0.25, 0.3) is 0 Å². The number of hydrogen-bond donors (Lipinski definition) is 0. The number of allylic oxidation sites excluding steroid dienone is 2. The molecule has 0 rings (SSSR count). The van der Waals surface area contributed by atoms with Crippen molar-refractivity contribution < 1.29 is 9.53 Å². The van der Waals surface area contributed by atoms with Gasteiger partial charge in [0, 0.05) is 6.92 Å². The molecule has 0 aliphatic heterocycles. The van der Waals surface area contributed by atoms with Crippen LogP contribution in [0, 0.1) is 0 Å². The van der Waals surface area contributed by atoms with Crippen LogP contribution in [-0.2, 0) is 9.53 Å². The van der Waals surface area contributed by atoms with Gasteiger partial charge in [-0.1, -0.05) is 25.5 Å². The molecule has 0 spiro atoms. The molecule has 1 atom stereocenters. The van der Waals surface area contributed by atoms with Crippen LogP contribution in [0.3, 0.4) is 0 Å². The maximum Gasteiger partial charge on any atom is 0.303 e. The highest BCUT2D eigenvalue weighted by atomic mass is 16.6. The number of carbonyl (C=O) groups is 1. The first-order valence-corrected chi connectivity index (χ1v) is 5.78. The Morgan fingerprint density at radius 2 is 1.93 bits per heavy atom. The molecule has 2 heteroatoms. The maximum atomic E-state index is 10.9. The van der Waals surface area contributed by atoms with Crippen LogP contribution >= 0.6 is 0 Å². The molecular weight excluding hydrogens is 188 g/mol. The van der Waals surface area contributed by atoms with Crippen molar-refractivity contribution in [2.75, 3.05) is 0 Å². The van der Waals surface area contributed by atoms with E-state index in [1.54, 1.807) is 0 Å². The highest BCUT2D eigenvalue weighted by Gasteiger charge is 2.24. The lowest BCUT2D eigenvalue weighted by Gasteiger charge is -2.27. The summed E-state index contributed by atoms with van der Waals surface area (Å²) in [6, 6.07) is 0. The highest BCUT2D eigenvalue weighted by molar-refractivity contribution is 5.66. The minimum Gasteiger partial charge on any atom is -0.460 e. The molecule has 88 valence electrons. The van der Waals surface area contributed by atoms with E-state index in [1.807, 2.05) is 6.92 Å². The molecular formula is C13H24O2. The van der Waals surface area contributed by atoms with Crippen LogP contribution in [0.4, 0.5) is 0 Å². The Hall–Kier alpha value is -0.790. The Balaban J connectivity index is 4.15. The van der Waals surface area contributed by atoms with E-state index in [0.29, 0.717) is 0 Å². The van der Waals surface area contributed by atoms with Crippen LogP contribution in [0.5, 0.6) is 0 Å². The minimum atomic E-state index is -0.295. The number of esters is 1. The largest absolute Gasteiger partial charge is 0.460 e. The van der Waals surface area contributed by atoms with Crippen molar-refractivity contribution in [3.63, 3.8) is 0 Å². The first-order chi connectivity index (χ1) is 6.93. The molecule has 2 nitrogen and oxygen atoms in total. The third-order valence-electron chi connectivity index (χ3n) is 2.86. The molecule has 0 N–H and O–H groups in total. The van der Waals surface area contributed by atoms with Gasteiger partial charge >= 0.3 is 5.97 Å². The van der Waals surface area contributed by atoms with Gasteiger partial charge in [0.2, 0.25) is 0 Å². The number of rotatable bonds is 6. The molecule has 0 amide bonds. The molecule has 0 aromatic heterocycles. The van der Waals surface area contributed by atoms with Crippen molar-refractivity contribution in [3.8, 4) is 0 Å². The molecule has 0 radical (unpaired) electrons. The topological polar surface area (TPSA) is 26.3 Å². The molecule has 0 saturated heterocycles. The fourth-order valence-electron chi connectivity index (χ4n) is 1.42. The maximum absolute atomic E-state index is 10.9. The Bertz CT molecular complexity index is 231. The van der Waals surface area contributed by atoms with Crippen molar-refractivity contribution in [1.82, 2.24) is 0 Å². The zero-order chi connectivity index (χ0) is 11.9. The summed E-state index contributed by atoms with van der Waals surface area (Å²) in [5.74, 6) is -0.185. The summed E-state index contributed by atoms with van der Waals surface area (Å²) in [6.07, 6.45) is 6.08. The Kier molecular flexibility index (Phi) is 6.30. The monoisotopic (exact) mass is 212 g/mol. The first-order valence-electron chi connectivity index (χ1n) is 5.78. The minimum absolute atomic E-state index is 0.185. The molecule has 15 heavy (non-hydrogen) atoms. The molecule has 1 unspecified atom stereocenters. The summed E-state index contributed by atoms with van der Waals surface area (Å²) in [5.41, 5.74) is 1.10. The molecule has 0 fully saturated rings. The SMILES string of the molecule is CC/C(C)=C/CCC(C)(CC)OC(C)=O. The average molecular weight is 212 g/mol. The second-order valence-corrected chi connectivity index (χ2v) is 4.34. The molecule has 0 bridgehead atoms. The average Bonchev–Trinajstić information content (AvgIpc) is 2.16.